The van der Waals surface area contributed by atoms with Gasteiger partial charge in [-0.1, -0.05) is 26.8 Å². The van der Waals surface area contributed by atoms with Gasteiger partial charge in [0.1, 0.15) is 5.82 Å². The maximum absolute atomic E-state index is 14.0. The minimum absolute atomic E-state index is 0.00138. The summed E-state index contributed by atoms with van der Waals surface area (Å²) in [7, 11) is 1.56. The van der Waals surface area contributed by atoms with Gasteiger partial charge in [0, 0.05) is 18.5 Å². The molecular formula is C23H22FN3O3S2. The normalized spacial score (nSPS) is 11.7. The van der Waals surface area contributed by atoms with Gasteiger partial charge < -0.3 is 9.47 Å². The Hall–Kier alpha value is -2.91. The van der Waals surface area contributed by atoms with Crippen LogP contribution in [0.2, 0.25) is 0 Å². The number of thiazole rings is 1. The number of halogens is 1. The van der Waals surface area contributed by atoms with E-state index in [0.29, 0.717) is 38.3 Å². The summed E-state index contributed by atoms with van der Waals surface area (Å²) < 4.78 is 27.8. The molecule has 0 amide bonds. The van der Waals surface area contributed by atoms with Gasteiger partial charge >= 0.3 is 0 Å². The second-order valence-electron chi connectivity index (χ2n) is 8.26. The number of ether oxygens (including phenoxy) is 2. The molecule has 0 aliphatic heterocycles. The number of aromatic nitrogens is 3. The molecule has 2 aromatic carbocycles. The molecule has 6 nitrogen and oxygen atoms in total. The average Bonchev–Trinajstić information content (AvgIpc) is 3.17. The summed E-state index contributed by atoms with van der Waals surface area (Å²) in [5, 5.41) is 0.249. The zero-order valence-corrected chi connectivity index (χ0v) is 19.7. The molecular weight excluding hydrogens is 449 g/mol. The molecule has 0 bridgehead atoms. The standard InChI is InChI=1S/C23H22FN3O3S2/c1-23(2,3)13-30-17-9-8-14(12-18(17)29-4)27-11-10-25-20(21(27)28)32-22-26-16-7-5-6-15(24)19(16)31-22/h5-12H,13H2,1-4H3. The van der Waals surface area contributed by atoms with Crippen LogP contribution in [0.15, 0.2) is 63.0 Å². The second-order valence-corrected chi connectivity index (χ2v) is 10.5. The van der Waals surface area contributed by atoms with Crippen molar-refractivity contribution in [2.75, 3.05) is 13.7 Å². The van der Waals surface area contributed by atoms with Crippen molar-refractivity contribution >= 4 is 33.3 Å². The van der Waals surface area contributed by atoms with Crippen molar-refractivity contribution in [3.05, 3.63) is 65.0 Å². The fourth-order valence-electron chi connectivity index (χ4n) is 2.91. The maximum atomic E-state index is 14.0. The van der Waals surface area contributed by atoms with Crippen molar-refractivity contribution in [3.8, 4) is 17.2 Å². The van der Waals surface area contributed by atoms with E-state index in [2.05, 4.69) is 30.7 Å². The third-order valence-corrected chi connectivity index (χ3v) is 6.54. The number of rotatable bonds is 6. The molecule has 9 heteroatoms. The Kier molecular flexibility index (Phi) is 6.21. The van der Waals surface area contributed by atoms with Crippen molar-refractivity contribution in [2.45, 2.75) is 30.1 Å². The lowest BCUT2D eigenvalue weighted by molar-refractivity contribution is 0.191. The lowest BCUT2D eigenvalue weighted by atomic mass is 9.99. The quantitative estimate of drug-likeness (QED) is 0.366. The lowest BCUT2D eigenvalue weighted by Crippen LogP contribution is -2.20. The largest absolute Gasteiger partial charge is 0.493 e. The van der Waals surface area contributed by atoms with Crippen molar-refractivity contribution in [1.29, 1.82) is 0 Å². The number of nitrogens with zero attached hydrogens (tertiary/aromatic N) is 3. The third kappa shape index (κ3) is 4.78. The number of methoxy groups -OCH3 is 1. The molecule has 4 rings (SSSR count). The van der Waals surface area contributed by atoms with E-state index < -0.39 is 0 Å². The number of fused-ring (bicyclic) bond motifs is 1. The fourth-order valence-corrected chi connectivity index (χ4v) is 4.87. The number of hydrogen-bond donors (Lipinski definition) is 0. The van der Waals surface area contributed by atoms with E-state index in [4.69, 9.17) is 9.47 Å². The van der Waals surface area contributed by atoms with Crippen molar-refractivity contribution in [3.63, 3.8) is 0 Å². The van der Waals surface area contributed by atoms with Gasteiger partial charge in [0.25, 0.3) is 5.56 Å². The number of benzene rings is 2. The number of hydrogen-bond acceptors (Lipinski definition) is 7. The first-order valence-electron chi connectivity index (χ1n) is 9.87. The Morgan fingerprint density at radius 2 is 2.00 bits per heavy atom. The van der Waals surface area contributed by atoms with Crippen LogP contribution in [-0.2, 0) is 0 Å². The smallest absolute Gasteiger partial charge is 0.288 e. The highest BCUT2D eigenvalue weighted by atomic mass is 32.2. The van der Waals surface area contributed by atoms with E-state index in [9.17, 15) is 9.18 Å². The van der Waals surface area contributed by atoms with E-state index in [1.165, 1.54) is 22.0 Å². The van der Waals surface area contributed by atoms with Crippen molar-refractivity contribution < 1.29 is 13.9 Å². The van der Waals surface area contributed by atoms with Crippen LogP contribution in [0, 0.1) is 11.2 Å². The molecule has 2 aromatic heterocycles. The first-order valence-corrected chi connectivity index (χ1v) is 11.5. The van der Waals surface area contributed by atoms with Crippen LogP contribution in [0.25, 0.3) is 15.9 Å². The van der Waals surface area contributed by atoms with Gasteiger partial charge in [-0.05, 0) is 41.4 Å². The predicted octanol–water partition coefficient (Wildman–Crippen LogP) is 5.57. The molecule has 0 aliphatic rings. The van der Waals surface area contributed by atoms with Crippen LogP contribution in [-0.4, -0.2) is 28.3 Å². The molecule has 0 unspecified atom stereocenters. The highest BCUT2D eigenvalue weighted by molar-refractivity contribution is 8.01. The van der Waals surface area contributed by atoms with Crippen LogP contribution < -0.4 is 15.0 Å². The Morgan fingerprint density at radius 1 is 1.19 bits per heavy atom. The maximum Gasteiger partial charge on any atom is 0.288 e. The van der Waals surface area contributed by atoms with Gasteiger partial charge in [0.2, 0.25) is 0 Å². The van der Waals surface area contributed by atoms with Gasteiger partial charge in [0.15, 0.2) is 20.9 Å². The summed E-state index contributed by atoms with van der Waals surface area (Å²) in [5.74, 6) is 0.817. The summed E-state index contributed by atoms with van der Waals surface area (Å²) in [5.41, 5.74) is 0.878. The molecule has 0 saturated carbocycles. The Morgan fingerprint density at radius 3 is 2.72 bits per heavy atom. The van der Waals surface area contributed by atoms with Crippen LogP contribution in [0.3, 0.4) is 0 Å². The summed E-state index contributed by atoms with van der Waals surface area (Å²) >= 11 is 2.32. The van der Waals surface area contributed by atoms with E-state index in [0.717, 1.165) is 11.8 Å². The van der Waals surface area contributed by atoms with Gasteiger partial charge in [-0.2, -0.15) is 0 Å². The second kappa shape index (κ2) is 8.91. The van der Waals surface area contributed by atoms with Gasteiger partial charge in [-0.3, -0.25) is 9.36 Å². The SMILES string of the molecule is COc1cc(-n2ccnc(Sc3nc4cccc(F)c4s3)c2=O)ccc1OCC(C)(C)C. The van der Waals surface area contributed by atoms with Crippen LogP contribution in [0.1, 0.15) is 20.8 Å². The molecule has 0 spiro atoms. The molecule has 0 N–H and O–H groups in total. The van der Waals surface area contributed by atoms with Crippen LogP contribution >= 0.6 is 23.1 Å². The molecule has 0 atom stereocenters. The van der Waals surface area contributed by atoms with E-state index in [1.54, 1.807) is 49.8 Å². The highest BCUT2D eigenvalue weighted by Gasteiger charge is 2.16. The molecule has 4 aromatic rings. The Labute approximate surface area is 193 Å². The minimum atomic E-state index is -0.328. The molecule has 0 radical (unpaired) electrons. The monoisotopic (exact) mass is 471 g/mol. The Balaban J connectivity index is 1.64. The molecule has 166 valence electrons. The fraction of sp³-hybridized carbons (Fsp3) is 0.261. The molecule has 0 aliphatic carbocycles. The van der Waals surface area contributed by atoms with Crippen LogP contribution in [0.4, 0.5) is 4.39 Å². The predicted molar refractivity (Wildman–Crippen MR) is 125 cm³/mol. The lowest BCUT2D eigenvalue weighted by Gasteiger charge is -2.20. The van der Waals surface area contributed by atoms with E-state index in [-0.39, 0.29) is 21.8 Å². The van der Waals surface area contributed by atoms with Crippen molar-refractivity contribution in [2.24, 2.45) is 5.41 Å². The molecule has 2 heterocycles. The van der Waals surface area contributed by atoms with Gasteiger partial charge in [0.05, 0.1) is 29.6 Å². The zero-order chi connectivity index (χ0) is 22.9. The topological polar surface area (TPSA) is 66.2 Å². The highest BCUT2D eigenvalue weighted by Crippen LogP contribution is 2.34. The summed E-state index contributed by atoms with van der Waals surface area (Å²) in [6, 6.07) is 10.1. The zero-order valence-electron chi connectivity index (χ0n) is 18.1. The Bertz CT molecular complexity index is 1330. The molecule has 32 heavy (non-hydrogen) atoms. The average molecular weight is 472 g/mol. The molecule has 0 fully saturated rings. The summed E-state index contributed by atoms with van der Waals surface area (Å²) in [6.45, 7) is 6.79. The minimum Gasteiger partial charge on any atom is -0.493 e. The van der Waals surface area contributed by atoms with Gasteiger partial charge in [-0.15, -0.1) is 11.3 Å². The van der Waals surface area contributed by atoms with E-state index >= 15 is 0 Å². The van der Waals surface area contributed by atoms with Gasteiger partial charge in [-0.25, -0.2) is 14.4 Å². The van der Waals surface area contributed by atoms with Crippen molar-refractivity contribution in [1.82, 2.24) is 14.5 Å². The first kappa shape index (κ1) is 22.3. The summed E-state index contributed by atoms with van der Waals surface area (Å²) in [6.07, 6.45) is 3.14. The molecule has 0 saturated heterocycles. The third-order valence-electron chi connectivity index (χ3n) is 4.43. The van der Waals surface area contributed by atoms with E-state index in [1.807, 2.05) is 0 Å². The first-order chi connectivity index (χ1) is 15.2. The summed E-state index contributed by atoms with van der Waals surface area (Å²) in [4.78, 5) is 21.7. The van der Waals surface area contributed by atoms with Crippen LogP contribution in [0.5, 0.6) is 11.5 Å².